The number of anilines is 3. The number of hydrogen-bond acceptors (Lipinski definition) is 26. The first-order chi connectivity index (χ1) is 31.7. The largest absolute Gasteiger partial charge is 0.468 e. The number of rotatable bonds is 18. The predicted molar refractivity (Wildman–Crippen MR) is 236 cm³/mol. The number of carbonyl (C=O) groups excluding carboxylic acids is 1. The minimum absolute atomic E-state index is 0. The van der Waals surface area contributed by atoms with Crippen LogP contribution in [0.25, 0.3) is 33.5 Å². The van der Waals surface area contributed by atoms with Crippen LogP contribution in [0, 0.1) is 0 Å². The van der Waals surface area contributed by atoms with Gasteiger partial charge in [0.25, 0.3) is 6.47 Å². The number of methoxy groups -OCH3 is 1. The van der Waals surface area contributed by atoms with Gasteiger partial charge in [0.2, 0.25) is 0 Å². The summed E-state index contributed by atoms with van der Waals surface area (Å²) in [5.41, 5.74) is 19.6. The van der Waals surface area contributed by atoms with Crippen LogP contribution in [0.2, 0.25) is 0 Å². The van der Waals surface area contributed by atoms with E-state index in [9.17, 15) is 24.8 Å². The van der Waals surface area contributed by atoms with Gasteiger partial charge in [-0.25, -0.2) is 44.9 Å². The van der Waals surface area contributed by atoms with E-state index < -0.39 is 94.2 Å². The number of carbonyl (C=O) groups is 1. The molecule has 3 aliphatic heterocycles. The average molecular weight is 1010 g/mol. The van der Waals surface area contributed by atoms with Gasteiger partial charge in [-0.15, -0.1) is 0 Å². The molecule has 29 nitrogen and oxygen atoms in total. The van der Waals surface area contributed by atoms with Crippen LogP contribution in [0.4, 0.5) is 17.5 Å². The summed E-state index contributed by atoms with van der Waals surface area (Å²) < 4.78 is 57.6. The molecule has 3 fully saturated rings. The van der Waals surface area contributed by atoms with E-state index in [-0.39, 0.29) is 66.7 Å². The lowest BCUT2D eigenvalue weighted by Crippen LogP contribution is -2.37. The van der Waals surface area contributed by atoms with Crippen LogP contribution in [0.3, 0.4) is 0 Å². The number of aliphatic hydroxyl groups excluding tert-OH is 2. The van der Waals surface area contributed by atoms with Gasteiger partial charge in [0.1, 0.15) is 78.3 Å². The molecule has 33 heteroatoms. The Balaban J connectivity index is 0.00000608. The Morgan fingerprint density at radius 1 is 0.701 bits per heavy atom. The molecule has 6 aromatic rings. The van der Waals surface area contributed by atoms with Crippen molar-refractivity contribution in [3.05, 3.63) is 38.0 Å². The Morgan fingerprint density at radius 2 is 1.19 bits per heavy atom. The molecule has 0 saturated carbocycles. The van der Waals surface area contributed by atoms with Crippen LogP contribution in [-0.2, 0) is 70.2 Å². The molecular formula is C34H45N15O14P2S2. The third-order valence-corrected chi connectivity index (χ3v) is 14.1. The molecule has 6 aromatic heterocycles. The van der Waals surface area contributed by atoms with Gasteiger partial charge in [-0.3, -0.25) is 23.0 Å². The molecule has 3 aliphatic rings. The highest BCUT2D eigenvalue weighted by atomic mass is 32.5. The molecule has 0 aromatic carbocycles. The summed E-state index contributed by atoms with van der Waals surface area (Å²) in [7, 11) is 1.34. The summed E-state index contributed by atoms with van der Waals surface area (Å²) in [5.74, 6) is 0.292. The number of ether oxygens (including phenoxy) is 5. The van der Waals surface area contributed by atoms with Crippen molar-refractivity contribution in [2.45, 2.75) is 87.8 Å². The third kappa shape index (κ3) is 9.68. The molecule has 3 saturated heterocycles. The molecule has 362 valence electrons. The van der Waals surface area contributed by atoms with E-state index in [4.69, 9.17) is 82.6 Å². The molecule has 0 aliphatic carbocycles. The van der Waals surface area contributed by atoms with Crippen molar-refractivity contribution < 1.29 is 66.6 Å². The first-order valence-electron chi connectivity index (χ1n) is 19.7. The fraction of sp³-hybridized carbons (Fsp3) is 0.529. The van der Waals surface area contributed by atoms with E-state index in [1.165, 1.54) is 54.2 Å². The fourth-order valence-corrected chi connectivity index (χ4v) is 10.8. The highest BCUT2D eigenvalue weighted by Gasteiger charge is 2.52. The van der Waals surface area contributed by atoms with Gasteiger partial charge < -0.3 is 74.5 Å². The standard InChI is InChI=1S/C33H41N15O14P2S2.CH4/c1-54-23-17(6-57-63(52,65)61-15-4-14(2-3-55-13-49)58-31(15)46-10-43-18-25(34)37-7-40-28(18)46)60-33(48-12-45-20-27(36)39-9-42-30(20)48)24(23)62-64(53,66)56-5-16-21(50)22(51)32(59-16)47-11-44-19-26(35)38-8-41-29(19)47;/h7-17,21-24,31-33,50-51H,2-6H2,1H3,(H,52,65)(H,53,66)(H2,34,37,40)(H2,35,38,41)(H2,36,39,42);1H4/t14-,15-,16-,17-,21-,22-,23-,24-,31-,32-,33-,63?,64?;/m1./s1. The summed E-state index contributed by atoms with van der Waals surface area (Å²) in [5, 5.41) is 21.9. The first kappa shape index (κ1) is 48.8. The Labute approximate surface area is 388 Å². The molecule has 2 unspecified atom stereocenters. The minimum atomic E-state index is -4.33. The lowest BCUT2D eigenvalue weighted by molar-refractivity contribution is -0.129. The zero-order valence-corrected chi connectivity index (χ0v) is 37.5. The summed E-state index contributed by atoms with van der Waals surface area (Å²) in [6.07, 6.45) is -4.36. The normalized spacial score (nSPS) is 29.3. The second kappa shape index (κ2) is 19.7. The lowest BCUT2D eigenvalue weighted by atomic mass is 10.1. The second-order valence-corrected chi connectivity index (χ2v) is 20.5. The second-order valence-electron chi connectivity index (χ2n) is 14.9. The lowest BCUT2D eigenvalue weighted by Gasteiger charge is -2.28. The van der Waals surface area contributed by atoms with E-state index >= 15 is 0 Å². The van der Waals surface area contributed by atoms with Gasteiger partial charge in [0.05, 0.1) is 44.9 Å². The highest BCUT2D eigenvalue weighted by molar-refractivity contribution is 8.07. The monoisotopic (exact) mass is 1010 g/mol. The van der Waals surface area contributed by atoms with Gasteiger partial charge in [0, 0.05) is 20.0 Å². The maximum absolute atomic E-state index is 11.6. The maximum Gasteiger partial charge on any atom is 0.325 e. The number of imidazole rings is 3. The molecule has 13 atom stereocenters. The summed E-state index contributed by atoms with van der Waals surface area (Å²) in [6, 6.07) is 0. The van der Waals surface area contributed by atoms with Crippen molar-refractivity contribution in [3.8, 4) is 0 Å². The van der Waals surface area contributed by atoms with E-state index in [1.807, 2.05) is 0 Å². The number of nitrogens with zero attached hydrogens (tertiary/aromatic N) is 12. The van der Waals surface area contributed by atoms with Crippen molar-refractivity contribution in [1.29, 1.82) is 0 Å². The highest BCUT2D eigenvalue weighted by Crippen LogP contribution is 2.53. The van der Waals surface area contributed by atoms with Crippen LogP contribution >= 0.6 is 13.4 Å². The third-order valence-electron chi connectivity index (χ3n) is 11.0. The molecule has 0 radical (unpaired) electrons. The smallest absolute Gasteiger partial charge is 0.325 e. The van der Waals surface area contributed by atoms with Gasteiger partial charge in [-0.2, -0.15) is 0 Å². The van der Waals surface area contributed by atoms with Crippen molar-refractivity contribution >= 4 is 94.5 Å². The molecule has 0 spiro atoms. The summed E-state index contributed by atoms with van der Waals surface area (Å²) in [6.45, 7) is -9.16. The zero-order chi connectivity index (χ0) is 46.5. The van der Waals surface area contributed by atoms with Crippen molar-refractivity contribution in [2.75, 3.05) is 44.1 Å². The molecular weight excluding hydrogens is 969 g/mol. The molecule has 9 rings (SSSR count). The number of hydrogen-bond donors (Lipinski definition) is 7. The van der Waals surface area contributed by atoms with Crippen molar-refractivity contribution in [1.82, 2.24) is 58.6 Å². The quantitative estimate of drug-likeness (QED) is 0.0324. The molecule has 0 bridgehead atoms. The summed E-state index contributed by atoms with van der Waals surface area (Å²) >= 11 is 11.0. The average Bonchev–Trinajstić information content (AvgIpc) is 4.15. The van der Waals surface area contributed by atoms with E-state index in [0.717, 1.165) is 0 Å². The number of nitrogen functional groups attached to an aromatic ring is 3. The van der Waals surface area contributed by atoms with Crippen molar-refractivity contribution in [3.63, 3.8) is 0 Å². The van der Waals surface area contributed by atoms with Crippen LogP contribution in [0.1, 0.15) is 39.0 Å². The van der Waals surface area contributed by atoms with Gasteiger partial charge in [-0.1, -0.05) is 7.43 Å². The predicted octanol–water partition coefficient (Wildman–Crippen LogP) is -0.492. The van der Waals surface area contributed by atoms with Gasteiger partial charge in [0.15, 0.2) is 53.1 Å². The van der Waals surface area contributed by atoms with Gasteiger partial charge in [-0.05, 0) is 23.6 Å². The first-order valence-corrected chi connectivity index (χ1v) is 24.9. The number of aromatic nitrogens is 12. The SMILES string of the molecule is C.CO[C@H]1[C@@H](OP(O)(=S)OC[C@H]2O[C@@H](n3cnc4c(N)ncnc43)[C@H](O)[C@@H]2O)[C@H](n2cnc3c(N)ncnc32)O[C@@H]1COP(O)(=S)O[C@@H]1C[C@@H](CCOC=O)O[C@H]1n1cnc2c(N)ncnc21. The van der Waals surface area contributed by atoms with Crippen LogP contribution in [-0.4, -0.2) is 161 Å². The van der Waals surface area contributed by atoms with E-state index in [1.54, 1.807) is 4.57 Å². The molecule has 0 amide bonds. The van der Waals surface area contributed by atoms with Crippen molar-refractivity contribution in [2.24, 2.45) is 0 Å². The Hall–Kier alpha value is -4.66. The van der Waals surface area contributed by atoms with Gasteiger partial charge >= 0.3 is 13.4 Å². The Kier molecular flexibility index (Phi) is 14.4. The molecule has 67 heavy (non-hydrogen) atoms. The summed E-state index contributed by atoms with van der Waals surface area (Å²) in [4.78, 5) is 71.4. The number of fused-ring (bicyclic) bond motifs is 3. The number of aliphatic hydroxyl groups is 2. The minimum Gasteiger partial charge on any atom is -0.468 e. The maximum atomic E-state index is 11.6. The van der Waals surface area contributed by atoms with Crippen LogP contribution < -0.4 is 17.2 Å². The Morgan fingerprint density at radius 3 is 1.73 bits per heavy atom. The zero-order valence-electron chi connectivity index (χ0n) is 34.1. The van der Waals surface area contributed by atoms with E-state index in [0.29, 0.717) is 17.6 Å². The van der Waals surface area contributed by atoms with Crippen LogP contribution in [0.5, 0.6) is 0 Å². The van der Waals surface area contributed by atoms with E-state index in [2.05, 4.69) is 44.9 Å². The fourth-order valence-electron chi connectivity index (χ4n) is 7.94. The molecule has 9 heterocycles. The Bertz CT molecular complexity index is 2830. The molecule has 10 N–H and O–H groups in total. The van der Waals surface area contributed by atoms with Crippen LogP contribution in [0.15, 0.2) is 38.0 Å². The number of nitrogens with two attached hydrogens (primary N) is 3. The topological polar surface area (TPSA) is 390 Å².